The van der Waals surface area contributed by atoms with Crippen molar-refractivity contribution in [3.63, 3.8) is 0 Å². The zero-order valence-electron chi connectivity index (χ0n) is 11.7. The van der Waals surface area contributed by atoms with E-state index in [1.54, 1.807) is 6.20 Å². The number of pyridine rings is 1. The van der Waals surface area contributed by atoms with Crippen LogP contribution in [0.3, 0.4) is 0 Å². The average Bonchev–Trinajstić information content (AvgIpc) is 2.49. The Labute approximate surface area is 136 Å². The van der Waals surface area contributed by atoms with Crippen molar-refractivity contribution in [3.8, 4) is 11.4 Å². The molecule has 1 aromatic carbocycles. The summed E-state index contributed by atoms with van der Waals surface area (Å²) in [5.74, 6) is 1.13. The maximum Gasteiger partial charge on any atom is 0.144 e. The Hall–Kier alpha value is -1.59. The standard InChI is InChI=1S/C16H14BrN3S/c1-9(2)14-13(17)16(21)20-15(19-14)11-5-6-12-10(8-11)4-3-7-18-12/h3-9H,1-2H3,(H,19,20,21). The Morgan fingerprint density at radius 2 is 2.05 bits per heavy atom. The molecule has 0 unspecified atom stereocenters. The van der Waals surface area contributed by atoms with Crippen LogP contribution >= 0.6 is 28.1 Å². The molecule has 106 valence electrons. The monoisotopic (exact) mass is 359 g/mol. The summed E-state index contributed by atoms with van der Waals surface area (Å²) in [4.78, 5) is 12.2. The van der Waals surface area contributed by atoms with Gasteiger partial charge in [0, 0.05) is 22.8 Å². The van der Waals surface area contributed by atoms with Gasteiger partial charge in [-0.1, -0.05) is 32.1 Å². The predicted molar refractivity (Wildman–Crippen MR) is 91.9 cm³/mol. The van der Waals surface area contributed by atoms with E-state index in [2.05, 4.69) is 50.8 Å². The minimum absolute atomic E-state index is 0.338. The topological polar surface area (TPSA) is 41.6 Å². The van der Waals surface area contributed by atoms with E-state index in [1.807, 2.05) is 24.3 Å². The van der Waals surface area contributed by atoms with Crippen molar-refractivity contribution in [1.82, 2.24) is 15.0 Å². The number of nitrogens with zero attached hydrogens (tertiary/aromatic N) is 2. The first-order valence-electron chi connectivity index (χ1n) is 6.71. The maximum atomic E-state index is 5.35. The molecule has 21 heavy (non-hydrogen) atoms. The van der Waals surface area contributed by atoms with Gasteiger partial charge < -0.3 is 4.98 Å². The molecule has 3 nitrogen and oxygen atoms in total. The Bertz CT molecular complexity index is 871. The van der Waals surface area contributed by atoms with Crippen LogP contribution in [0.25, 0.3) is 22.3 Å². The molecule has 0 aliphatic rings. The van der Waals surface area contributed by atoms with Crippen LogP contribution in [0.15, 0.2) is 41.0 Å². The van der Waals surface area contributed by atoms with Gasteiger partial charge in [0.2, 0.25) is 0 Å². The molecule has 0 spiro atoms. The molecule has 1 N–H and O–H groups in total. The zero-order chi connectivity index (χ0) is 15.0. The Morgan fingerprint density at radius 3 is 2.81 bits per heavy atom. The molecular formula is C16H14BrN3S. The molecule has 5 heteroatoms. The first kappa shape index (κ1) is 14.4. The van der Waals surface area contributed by atoms with Gasteiger partial charge in [-0.25, -0.2) is 4.98 Å². The molecule has 3 aromatic rings. The van der Waals surface area contributed by atoms with E-state index in [0.717, 1.165) is 32.5 Å². The van der Waals surface area contributed by atoms with Crippen LogP contribution in [0.5, 0.6) is 0 Å². The molecule has 2 aromatic heterocycles. The van der Waals surface area contributed by atoms with E-state index < -0.39 is 0 Å². The highest BCUT2D eigenvalue weighted by molar-refractivity contribution is 9.10. The summed E-state index contributed by atoms with van der Waals surface area (Å²) in [6.45, 7) is 4.25. The van der Waals surface area contributed by atoms with Crippen LogP contribution in [-0.2, 0) is 0 Å². The van der Waals surface area contributed by atoms with Crippen LogP contribution in [-0.4, -0.2) is 15.0 Å². The normalized spacial score (nSPS) is 11.2. The molecule has 0 fully saturated rings. The smallest absolute Gasteiger partial charge is 0.144 e. The lowest BCUT2D eigenvalue weighted by atomic mass is 10.1. The zero-order valence-corrected chi connectivity index (χ0v) is 14.1. The van der Waals surface area contributed by atoms with Crippen molar-refractivity contribution in [3.05, 3.63) is 51.3 Å². The SMILES string of the molecule is CC(C)c1[nH]c(-c2ccc3ncccc3c2)nc(=S)c1Br. The highest BCUT2D eigenvalue weighted by atomic mass is 79.9. The fourth-order valence-corrected chi connectivity index (χ4v) is 3.08. The Kier molecular flexibility index (Phi) is 3.87. The molecule has 0 bridgehead atoms. The third-order valence-electron chi connectivity index (χ3n) is 3.34. The lowest BCUT2D eigenvalue weighted by Crippen LogP contribution is -2.00. The lowest BCUT2D eigenvalue weighted by Gasteiger charge is -2.11. The molecule has 0 amide bonds. The van der Waals surface area contributed by atoms with Crippen LogP contribution in [0.1, 0.15) is 25.5 Å². The third-order valence-corrected chi connectivity index (χ3v) is 4.71. The second-order valence-corrected chi connectivity index (χ2v) is 6.36. The van der Waals surface area contributed by atoms with Gasteiger partial charge in [0.15, 0.2) is 0 Å². The minimum Gasteiger partial charge on any atom is -0.342 e. The number of nitrogens with one attached hydrogen (secondary N) is 1. The molecule has 0 atom stereocenters. The minimum atomic E-state index is 0.338. The number of halogens is 1. The van der Waals surface area contributed by atoms with Gasteiger partial charge in [0.1, 0.15) is 10.5 Å². The molecule has 0 saturated carbocycles. The van der Waals surface area contributed by atoms with Crippen molar-refractivity contribution < 1.29 is 0 Å². The summed E-state index contributed by atoms with van der Waals surface area (Å²) >= 11 is 8.87. The maximum absolute atomic E-state index is 5.35. The summed E-state index contributed by atoms with van der Waals surface area (Å²) in [6.07, 6.45) is 1.80. The van der Waals surface area contributed by atoms with Crippen molar-refractivity contribution >= 4 is 39.1 Å². The summed E-state index contributed by atoms with van der Waals surface area (Å²) in [6, 6.07) is 10.1. The number of H-pyrrole nitrogens is 1. The summed E-state index contributed by atoms with van der Waals surface area (Å²) in [5, 5.41) is 1.09. The second kappa shape index (κ2) is 5.66. The van der Waals surface area contributed by atoms with E-state index in [9.17, 15) is 0 Å². The van der Waals surface area contributed by atoms with E-state index in [4.69, 9.17) is 12.2 Å². The average molecular weight is 360 g/mol. The molecule has 0 radical (unpaired) electrons. The Morgan fingerprint density at radius 1 is 1.24 bits per heavy atom. The van der Waals surface area contributed by atoms with Gasteiger partial charge in [0.05, 0.1) is 9.99 Å². The number of aromatic amines is 1. The quantitative estimate of drug-likeness (QED) is 0.636. The predicted octanol–water partition coefficient (Wildman–Crippen LogP) is 5.24. The number of aromatic nitrogens is 3. The van der Waals surface area contributed by atoms with Gasteiger partial charge in [-0.15, -0.1) is 0 Å². The molecule has 2 heterocycles. The van der Waals surface area contributed by atoms with Crippen molar-refractivity contribution in [2.45, 2.75) is 19.8 Å². The van der Waals surface area contributed by atoms with E-state index >= 15 is 0 Å². The van der Waals surface area contributed by atoms with Crippen molar-refractivity contribution in [2.24, 2.45) is 0 Å². The van der Waals surface area contributed by atoms with Crippen molar-refractivity contribution in [2.75, 3.05) is 0 Å². The van der Waals surface area contributed by atoms with Gasteiger partial charge in [-0.05, 0) is 46.1 Å². The second-order valence-electron chi connectivity index (χ2n) is 5.18. The number of benzene rings is 1. The lowest BCUT2D eigenvalue weighted by molar-refractivity contribution is 0.807. The van der Waals surface area contributed by atoms with Crippen LogP contribution in [0, 0.1) is 4.64 Å². The van der Waals surface area contributed by atoms with Crippen LogP contribution in [0.4, 0.5) is 0 Å². The largest absolute Gasteiger partial charge is 0.342 e. The van der Waals surface area contributed by atoms with E-state index in [0.29, 0.717) is 10.6 Å². The van der Waals surface area contributed by atoms with E-state index in [-0.39, 0.29) is 0 Å². The number of rotatable bonds is 2. The summed E-state index contributed by atoms with van der Waals surface area (Å²) in [5.41, 5.74) is 3.05. The van der Waals surface area contributed by atoms with Gasteiger partial charge in [-0.3, -0.25) is 4.98 Å². The van der Waals surface area contributed by atoms with Crippen LogP contribution in [0.2, 0.25) is 0 Å². The molecule has 0 aliphatic carbocycles. The fraction of sp³-hybridized carbons (Fsp3) is 0.188. The number of hydrogen-bond donors (Lipinski definition) is 1. The van der Waals surface area contributed by atoms with Crippen LogP contribution < -0.4 is 0 Å². The van der Waals surface area contributed by atoms with Gasteiger partial charge in [-0.2, -0.15) is 0 Å². The molecule has 0 saturated heterocycles. The van der Waals surface area contributed by atoms with E-state index in [1.165, 1.54) is 0 Å². The highest BCUT2D eigenvalue weighted by Crippen LogP contribution is 2.27. The van der Waals surface area contributed by atoms with Gasteiger partial charge in [0.25, 0.3) is 0 Å². The highest BCUT2D eigenvalue weighted by Gasteiger charge is 2.11. The molecule has 0 aliphatic heterocycles. The van der Waals surface area contributed by atoms with Gasteiger partial charge >= 0.3 is 0 Å². The summed E-state index contributed by atoms with van der Waals surface area (Å²) in [7, 11) is 0. The van der Waals surface area contributed by atoms with Crippen molar-refractivity contribution in [1.29, 1.82) is 0 Å². The Balaban J connectivity index is 2.20. The summed E-state index contributed by atoms with van der Waals surface area (Å²) < 4.78 is 1.46. The molecule has 3 rings (SSSR count). The molecular weight excluding hydrogens is 346 g/mol. The first-order valence-corrected chi connectivity index (χ1v) is 7.91. The first-order chi connectivity index (χ1) is 10.1. The number of fused-ring (bicyclic) bond motifs is 1. The number of hydrogen-bond acceptors (Lipinski definition) is 3. The third kappa shape index (κ3) is 2.76. The fourth-order valence-electron chi connectivity index (χ4n) is 2.23.